The van der Waals surface area contributed by atoms with Gasteiger partial charge in [-0.1, -0.05) is 0 Å². The Morgan fingerprint density at radius 3 is 2.52 bits per heavy atom. The number of unbranched alkanes of at least 4 members (excludes halogenated alkanes) is 1. The minimum atomic E-state index is 0.806. The first-order valence-corrected chi connectivity index (χ1v) is 7.87. The molecule has 0 spiro atoms. The molecular formula is C16H28N4O. The molecule has 2 N–H and O–H groups in total. The van der Waals surface area contributed by atoms with Crippen LogP contribution in [0.15, 0.2) is 12.1 Å². The van der Waals surface area contributed by atoms with E-state index < -0.39 is 0 Å². The number of ether oxygens (including phenoxy) is 1. The van der Waals surface area contributed by atoms with Crippen molar-refractivity contribution in [3.8, 4) is 5.75 Å². The fourth-order valence-electron chi connectivity index (χ4n) is 2.78. The van der Waals surface area contributed by atoms with E-state index in [-0.39, 0.29) is 0 Å². The Morgan fingerprint density at radius 1 is 1.14 bits per heavy atom. The van der Waals surface area contributed by atoms with Gasteiger partial charge < -0.3 is 15.4 Å². The van der Waals surface area contributed by atoms with Crippen LogP contribution in [0.1, 0.15) is 24.2 Å². The number of rotatable bonds is 7. The summed E-state index contributed by atoms with van der Waals surface area (Å²) in [5.74, 6) is 0.901. The summed E-state index contributed by atoms with van der Waals surface area (Å²) in [7, 11) is 1.71. The molecule has 0 aromatic carbocycles. The number of nitrogens with two attached hydrogens (primary N) is 1. The smallest absolute Gasteiger partial charge is 0.122 e. The van der Waals surface area contributed by atoms with E-state index >= 15 is 0 Å². The minimum Gasteiger partial charge on any atom is -0.497 e. The van der Waals surface area contributed by atoms with E-state index in [2.05, 4.69) is 14.8 Å². The zero-order chi connectivity index (χ0) is 15.1. The third kappa shape index (κ3) is 5.26. The number of pyridine rings is 1. The monoisotopic (exact) mass is 292 g/mol. The zero-order valence-corrected chi connectivity index (χ0v) is 13.3. The molecule has 1 aromatic rings. The van der Waals surface area contributed by atoms with Crippen molar-refractivity contribution in [2.45, 2.75) is 26.3 Å². The highest BCUT2D eigenvalue weighted by Gasteiger charge is 2.17. The largest absolute Gasteiger partial charge is 0.497 e. The van der Waals surface area contributed by atoms with Gasteiger partial charge in [0.15, 0.2) is 0 Å². The maximum absolute atomic E-state index is 5.54. The number of nitrogens with zero attached hydrogens (tertiary/aromatic N) is 3. The Hall–Kier alpha value is -1.17. The molecule has 5 heteroatoms. The molecule has 21 heavy (non-hydrogen) atoms. The van der Waals surface area contributed by atoms with Gasteiger partial charge in [-0.3, -0.25) is 9.88 Å². The lowest BCUT2D eigenvalue weighted by molar-refractivity contribution is 0.124. The quantitative estimate of drug-likeness (QED) is 0.767. The molecule has 0 radical (unpaired) electrons. The van der Waals surface area contributed by atoms with Gasteiger partial charge in [0.1, 0.15) is 5.75 Å². The normalized spacial score (nSPS) is 17.1. The lowest BCUT2D eigenvalue weighted by Crippen LogP contribution is -2.46. The molecule has 1 aliphatic heterocycles. The first-order chi connectivity index (χ1) is 10.2. The highest BCUT2D eigenvalue weighted by molar-refractivity contribution is 5.26. The van der Waals surface area contributed by atoms with Gasteiger partial charge in [0, 0.05) is 50.6 Å². The Balaban J connectivity index is 1.79. The minimum absolute atomic E-state index is 0.806. The summed E-state index contributed by atoms with van der Waals surface area (Å²) in [5, 5.41) is 0. The van der Waals surface area contributed by atoms with Crippen molar-refractivity contribution in [2.24, 2.45) is 5.73 Å². The summed E-state index contributed by atoms with van der Waals surface area (Å²) < 4.78 is 5.32. The molecule has 0 amide bonds. The first-order valence-electron chi connectivity index (χ1n) is 7.87. The van der Waals surface area contributed by atoms with Gasteiger partial charge >= 0.3 is 0 Å². The molecular weight excluding hydrogens is 264 g/mol. The maximum Gasteiger partial charge on any atom is 0.122 e. The number of hydrogen-bond acceptors (Lipinski definition) is 5. The molecule has 5 nitrogen and oxygen atoms in total. The second-order valence-corrected chi connectivity index (χ2v) is 5.75. The van der Waals surface area contributed by atoms with Crippen LogP contribution in [0.3, 0.4) is 0 Å². The van der Waals surface area contributed by atoms with Gasteiger partial charge in [0.05, 0.1) is 12.8 Å². The average molecular weight is 292 g/mol. The summed E-state index contributed by atoms with van der Waals surface area (Å²) >= 11 is 0. The molecule has 1 aromatic heterocycles. The molecule has 0 saturated carbocycles. The topological polar surface area (TPSA) is 54.6 Å². The van der Waals surface area contributed by atoms with Crippen molar-refractivity contribution in [2.75, 3.05) is 46.4 Å². The molecule has 0 unspecified atom stereocenters. The molecule has 1 aliphatic rings. The van der Waals surface area contributed by atoms with Crippen molar-refractivity contribution in [3.05, 3.63) is 23.5 Å². The van der Waals surface area contributed by atoms with Gasteiger partial charge in [-0.05, 0) is 32.9 Å². The van der Waals surface area contributed by atoms with E-state index in [0.717, 1.165) is 62.8 Å². The predicted octanol–water partition coefficient (Wildman–Crippen LogP) is 1.26. The number of aromatic nitrogens is 1. The van der Waals surface area contributed by atoms with Gasteiger partial charge in [-0.2, -0.15) is 0 Å². The van der Waals surface area contributed by atoms with Crippen LogP contribution >= 0.6 is 0 Å². The van der Waals surface area contributed by atoms with Crippen LogP contribution in [0.25, 0.3) is 0 Å². The van der Waals surface area contributed by atoms with Crippen LogP contribution in [-0.2, 0) is 6.54 Å². The Morgan fingerprint density at radius 2 is 1.86 bits per heavy atom. The fraction of sp³-hybridized carbons (Fsp3) is 0.688. The number of piperazine rings is 1. The first kappa shape index (κ1) is 16.2. The van der Waals surface area contributed by atoms with Crippen LogP contribution < -0.4 is 10.5 Å². The Bertz CT molecular complexity index is 430. The van der Waals surface area contributed by atoms with E-state index in [1.807, 2.05) is 19.1 Å². The summed E-state index contributed by atoms with van der Waals surface area (Å²) in [6, 6.07) is 4.01. The number of aryl methyl sites for hydroxylation is 1. The van der Waals surface area contributed by atoms with Gasteiger partial charge in [-0.15, -0.1) is 0 Å². The van der Waals surface area contributed by atoms with E-state index in [4.69, 9.17) is 10.5 Å². The maximum atomic E-state index is 5.54. The average Bonchev–Trinajstić information content (AvgIpc) is 2.48. The van der Waals surface area contributed by atoms with Crippen molar-refractivity contribution in [1.29, 1.82) is 0 Å². The van der Waals surface area contributed by atoms with Crippen LogP contribution in [0.2, 0.25) is 0 Å². The van der Waals surface area contributed by atoms with Crippen LogP contribution in [0, 0.1) is 6.92 Å². The third-order valence-corrected chi connectivity index (χ3v) is 3.99. The highest BCUT2D eigenvalue weighted by Crippen LogP contribution is 2.15. The summed E-state index contributed by atoms with van der Waals surface area (Å²) in [5.41, 5.74) is 7.66. The summed E-state index contributed by atoms with van der Waals surface area (Å²) in [6.07, 6.45) is 2.35. The van der Waals surface area contributed by atoms with Crippen LogP contribution in [0.4, 0.5) is 0 Å². The highest BCUT2D eigenvalue weighted by atomic mass is 16.5. The van der Waals surface area contributed by atoms with Crippen molar-refractivity contribution < 1.29 is 4.74 Å². The molecule has 1 fully saturated rings. The van der Waals surface area contributed by atoms with E-state index in [0.29, 0.717) is 0 Å². The molecule has 0 bridgehead atoms. The number of hydrogen-bond donors (Lipinski definition) is 1. The molecule has 0 atom stereocenters. The zero-order valence-electron chi connectivity index (χ0n) is 13.3. The standard InChI is InChI=1S/C16H28N4O/c1-14-11-16(21-2)12-15(18-14)13-20-9-7-19(8-10-20)6-4-3-5-17/h11-12H,3-10,13,17H2,1-2H3. The van der Waals surface area contributed by atoms with Crippen LogP contribution in [0.5, 0.6) is 5.75 Å². The SMILES string of the molecule is COc1cc(C)nc(CN2CCN(CCCCN)CC2)c1. The van der Waals surface area contributed by atoms with Crippen molar-refractivity contribution >= 4 is 0 Å². The van der Waals surface area contributed by atoms with E-state index in [1.165, 1.54) is 13.0 Å². The molecule has 0 aliphatic carbocycles. The lowest BCUT2D eigenvalue weighted by Gasteiger charge is -2.34. The summed E-state index contributed by atoms with van der Waals surface area (Å²) in [6.45, 7) is 9.43. The second kappa shape index (κ2) is 8.32. The lowest BCUT2D eigenvalue weighted by atomic mass is 10.2. The molecule has 118 valence electrons. The van der Waals surface area contributed by atoms with E-state index in [1.54, 1.807) is 7.11 Å². The van der Waals surface area contributed by atoms with Gasteiger partial charge in [-0.25, -0.2) is 0 Å². The second-order valence-electron chi connectivity index (χ2n) is 5.75. The van der Waals surface area contributed by atoms with Crippen molar-refractivity contribution in [1.82, 2.24) is 14.8 Å². The van der Waals surface area contributed by atoms with Crippen molar-refractivity contribution in [3.63, 3.8) is 0 Å². The number of methoxy groups -OCH3 is 1. The third-order valence-electron chi connectivity index (χ3n) is 3.99. The van der Waals surface area contributed by atoms with E-state index in [9.17, 15) is 0 Å². The molecule has 2 rings (SSSR count). The summed E-state index contributed by atoms with van der Waals surface area (Å²) in [4.78, 5) is 9.62. The predicted molar refractivity (Wildman–Crippen MR) is 85.5 cm³/mol. The Kier molecular flexibility index (Phi) is 6.42. The van der Waals surface area contributed by atoms with Gasteiger partial charge in [0.2, 0.25) is 0 Å². The molecule has 1 saturated heterocycles. The fourth-order valence-corrected chi connectivity index (χ4v) is 2.78. The Labute approximate surface area is 128 Å². The van der Waals surface area contributed by atoms with Crippen LogP contribution in [-0.4, -0.2) is 61.2 Å². The molecule has 2 heterocycles. The van der Waals surface area contributed by atoms with Gasteiger partial charge in [0.25, 0.3) is 0 Å².